The minimum absolute atomic E-state index is 0.110. The molecule has 0 spiro atoms. The van der Waals surface area contributed by atoms with Crippen molar-refractivity contribution in [1.29, 1.82) is 0 Å². The zero-order chi connectivity index (χ0) is 28.3. The fourth-order valence-corrected chi connectivity index (χ4v) is 4.25. The van der Waals surface area contributed by atoms with Gasteiger partial charge in [-0.3, -0.25) is 0 Å². The molecule has 1 unspecified atom stereocenters. The van der Waals surface area contributed by atoms with Gasteiger partial charge >= 0.3 is 18.2 Å². The van der Waals surface area contributed by atoms with E-state index in [0.29, 0.717) is 11.5 Å². The molecule has 0 aromatic heterocycles. The van der Waals surface area contributed by atoms with Crippen molar-refractivity contribution in [3.63, 3.8) is 0 Å². The maximum Gasteiger partial charge on any atom is 0.415 e. The number of aryl methyl sites for hydroxylation is 2. The number of ether oxygens (including phenoxy) is 4. The van der Waals surface area contributed by atoms with Crippen LogP contribution in [-0.4, -0.2) is 73.9 Å². The SMILES string of the molecule is CCOC(Cc1ccc(OCCN(CCCOCC(F)(F)F)C(=O)Oc2ccc3c(c2)CCC3)cc1)C(=O)O. The smallest absolute Gasteiger partial charge is 0.415 e. The predicted molar refractivity (Wildman–Crippen MR) is 136 cm³/mol. The fourth-order valence-electron chi connectivity index (χ4n) is 4.25. The second kappa shape index (κ2) is 14.7. The van der Waals surface area contributed by atoms with Gasteiger partial charge in [-0.1, -0.05) is 18.2 Å². The van der Waals surface area contributed by atoms with Crippen molar-refractivity contribution < 1.29 is 46.8 Å². The van der Waals surface area contributed by atoms with Crippen molar-refractivity contribution in [1.82, 2.24) is 4.90 Å². The minimum atomic E-state index is -4.41. The van der Waals surface area contributed by atoms with Crippen LogP contribution in [0.1, 0.15) is 36.5 Å². The summed E-state index contributed by atoms with van der Waals surface area (Å²) in [6, 6.07) is 12.4. The van der Waals surface area contributed by atoms with Gasteiger partial charge in [0, 0.05) is 26.2 Å². The standard InChI is InChI=1S/C28H34F3NO7/c1-2-37-25(26(33)34)17-20-7-10-23(11-8-20)38-16-14-32(13-4-15-36-19-28(29,30)31)27(35)39-24-12-9-21-5-3-6-22(21)18-24/h7-12,18,25H,2-6,13-17,19H2,1H3,(H,33,34). The van der Waals surface area contributed by atoms with Crippen molar-refractivity contribution in [2.45, 2.75) is 51.3 Å². The van der Waals surface area contributed by atoms with E-state index in [4.69, 9.17) is 14.2 Å². The highest BCUT2D eigenvalue weighted by atomic mass is 19.4. The molecule has 1 N–H and O–H groups in total. The Morgan fingerprint density at radius 3 is 2.41 bits per heavy atom. The quantitative estimate of drug-likeness (QED) is 0.308. The number of rotatable bonds is 15. The molecule has 1 atom stereocenters. The van der Waals surface area contributed by atoms with Gasteiger partial charge in [0.05, 0.1) is 6.54 Å². The molecule has 39 heavy (non-hydrogen) atoms. The first kappa shape index (κ1) is 30.2. The van der Waals surface area contributed by atoms with E-state index in [1.165, 1.54) is 10.5 Å². The van der Waals surface area contributed by atoms with Crippen LogP contribution < -0.4 is 9.47 Å². The first-order chi connectivity index (χ1) is 18.6. The third-order valence-electron chi connectivity index (χ3n) is 6.13. The van der Waals surface area contributed by atoms with Gasteiger partial charge in [-0.2, -0.15) is 13.2 Å². The van der Waals surface area contributed by atoms with Crippen LogP contribution in [0.2, 0.25) is 0 Å². The number of aliphatic carboxylic acids is 1. The van der Waals surface area contributed by atoms with E-state index in [1.54, 1.807) is 37.3 Å². The average molecular weight is 554 g/mol. The summed E-state index contributed by atoms with van der Waals surface area (Å²) in [5.41, 5.74) is 3.15. The van der Waals surface area contributed by atoms with Gasteiger partial charge in [-0.15, -0.1) is 0 Å². The zero-order valence-corrected chi connectivity index (χ0v) is 21.9. The second-order valence-corrected chi connectivity index (χ2v) is 9.14. The number of hydrogen-bond donors (Lipinski definition) is 1. The number of alkyl halides is 3. The molecule has 0 aliphatic heterocycles. The second-order valence-electron chi connectivity index (χ2n) is 9.14. The molecular formula is C28H34F3NO7. The van der Waals surface area contributed by atoms with Crippen LogP contribution in [0.15, 0.2) is 42.5 Å². The van der Waals surface area contributed by atoms with Gasteiger partial charge in [0.2, 0.25) is 0 Å². The predicted octanol–water partition coefficient (Wildman–Crippen LogP) is 5.06. The molecule has 2 aromatic rings. The van der Waals surface area contributed by atoms with Gasteiger partial charge < -0.3 is 29.0 Å². The lowest BCUT2D eigenvalue weighted by Crippen LogP contribution is -2.38. The molecule has 0 saturated heterocycles. The molecule has 0 radical (unpaired) electrons. The average Bonchev–Trinajstić information content (AvgIpc) is 3.35. The van der Waals surface area contributed by atoms with Crippen molar-refractivity contribution in [3.8, 4) is 11.5 Å². The zero-order valence-electron chi connectivity index (χ0n) is 21.9. The highest BCUT2D eigenvalue weighted by molar-refractivity contribution is 5.72. The molecule has 0 saturated carbocycles. The Hall–Kier alpha value is -3.31. The van der Waals surface area contributed by atoms with Crippen molar-refractivity contribution >= 4 is 12.1 Å². The normalized spacial score (nSPS) is 13.5. The van der Waals surface area contributed by atoms with E-state index >= 15 is 0 Å². The van der Waals surface area contributed by atoms with Crippen LogP contribution >= 0.6 is 0 Å². The van der Waals surface area contributed by atoms with E-state index in [-0.39, 0.29) is 45.8 Å². The van der Waals surface area contributed by atoms with E-state index in [1.807, 2.05) is 12.1 Å². The molecule has 1 aliphatic rings. The van der Waals surface area contributed by atoms with Crippen LogP contribution in [0.4, 0.5) is 18.0 Å². The number of halogens is 3. The molecule has 0 bridgehead atoms. The highest BCUT2D eigenvalue weighted by Gasteiger charge is 2.27. The summed E-state index contributed by atoms with van der Waals surface area (Å²) in [5, 5.41) is 9.24. The molecule has 3 rings (SSSR count). The Bertz CT molecular complexity index is 1080. The number of carbonyl (C=O) groups excluding carboxylic acids is 1. The number of fused-ring (bicyclic) bond motifs is 1. The lowest BCUT2D eigenvalue weighted by molar-refractivity contribution is -0.174. The number of carboxylic acid groups (broad SMARTS) is 1. The van der Waals surface area contributed by atoms with E-state index in [0.717, 1.165) is 30.4 Å². The van der Waals surface area contributed by atoms with Gasteiger partial charge in [0.1, 0.15) is 24.7 Å². The lowest BCUT2D eigenvalue weighted by atomic mass is 10.1. The molecule has 1 aliphatic carbocycles. The van der Waals surface area contributed by atoms with Gasteiger partial charge in [0.15, 0.2) is 6.10 Å². The number of carboxylic acids is 1. The minimum Gasteiger partial charge on any atom is -0.492 e. The Morgan fingerprint density at radius 2 is 1.72 bits per heavy atom. The number of carbonyl (C=O) groups is 2. The molecule has 1 amide bonds. The number of amides is 1. The maximum absolute atomic E-state index is 12.9. The molecule has 8 nitrogen and oxygen atoms in total. The van der Waals surface area contributed by atoms with Gasteiger partial charge in [0.25, 0.3) is 0 Å². The van der Waals surface area contributed by atoms with E-state index < -0.39 is 30.9 Å². The third kappa shape index (κ3) is 10.4. The molecule has 214 valence electrons. The fraction of sp³-hybridized carbons (Fsp3) is 0.500. The van der Waals surface area contributed by atoms with E-state index in [9.17, 15) is 27.9 Å². The van der Waals surface area contributed by atoms with Crippen molar-refractivity contribution in [2.75, 3.05) is 39.5 Å². The Labute approximate surface area is 225 Å². The summed E-state index contributed by atoms with van der Waals surface area (Å²) in [6.07, 6.45) is -2.59. The van der Waals surface area contributed by atoms with Crippen molar-refractivity contribution in [3.05, 3.63) is 59.2 Å². The van der Waals surface area contributed by atoms with Crippen LogP contribution in [0, 0.1) is 0 Å². The molecule has 0 fully saturated rings. The van der Waals surface area contributed by atoms with Crippen LogP contribution in [0.25, 0.3) is 0 Å². The summed E-state index contributed by atoms with van der Waals surface area (Å²) in [4.78, 5) is 25.6. The summed E-state index contributed by atoms with van der Waals surface area (Å²) >= 11 is 0. The molecular weight excluding hydrogens is 519 g/mol. The number of hydrogen-bond acceptors (Lipinski definition) is 6. The third-order valence-corrected chi connectivity index (χ3v) is 6.13. The lowest BCUT2D eigenvalue weighted by Gasteiger charge is -2.22. The molecule has 0 heterocycles. The summed E-state index contributed by atoms with van der Waals surface area (Å²) in [7, 11) is 0. The number of nitrogens with zero attached hydrogens (tertiary/aromatic N) is 1. The van der Waals surface area contributed by atoms with Gasteiger partial charge in [-0.25, -0.2) is 9.59 Å². The Kier molecular flexibility index (Phi) is 11.4. The molecule has 11 heteroatoms. The van der Waals surface area contributed by atoms with Crippen molar-refractivity contribution in [2.24, 2.45) is 0 Å². The van der Waals surface area contributed by atoms with E-state index in [2.05, 4.69) is 4.74 Å². The van der Waals surface area contributed by atoms with Crippen LogP contribution in [-0.2, 0) is 33.5 Å². The summed E-state index contributed by atoms with van der Waals surface area (Å²) in [5.74, 6) is -0.0995. The Balaban J connectivity index is 1.54. The highest BCUT2D eigenvalue weighted by Crippen LogP contribution is 2.26. The van der Waals surface area contributed by atoms with Crippen LogP contribution in [0.5, 0.6) is 11.5 Å². The first-order valence-electron chi connectivity index (χ1n) is 12.9. The van der Waals surface area contributed by atoms with Gasteiger partial charge in [-0.05, 0) is 73.6 Å². The maximum atomic E-state index is 12.9. The Morgan fingerprint density at radius 1 is 1.00 bits per heavy atom. The monoisotopic (exact) mass is 553 g/mol. The summed E-state index contributed by atoms with van der Waals surface area (Å²) in [6.45, 7) is 0.880. The largest absolute Gasteiger partial charge is 0.492 e. The van der Waals surface area contributed by atoms with Crippen LogP contribution in [0.3, 0.4) is 0 Å². The number of benzene rings is 2. The first-order valence-corrected chi connectivity index (χ1v) is 12.9. The topological polar surface area (TPSA) is 94.5 Å². The summed E-state index contributed by atoms with van der Waals surface area (Å²) < 4.78 is 58.2. The molecule has 2 aromatic carbocycles.